The van der Waals surface area contributed by atoms with Crippen LogP contribution in [-0.2, 0) is 19.4 Å². The van der Waals surface area contributed by atoms with E-state index in [1.165, 1.54) is 48.8 Å². The van der Waals surface area contributed by atoms with E-state index in [0.29, 0.717) is 30.6 Å². The van der Waals surface area contributed by atoms with E-state index in [-0.39, 0.29) is 5.82 Å². The van der Waals surface area contributed by atoms with Crippen molar-refractivity contribution in [2.45, 2.75) is 70.8 Å². The highest BCUT2D eigenvalue weighted by Crippen LogP contribution is 2.40. The van der Waals surface area contributed by atoms with Crippen LogP contribution in [-0.4, -0.2) is 49.9 Å². The van der Waals surface area contributed by atoms with Gasteiger partial charge in [-0.25, -0.2) is 4.39 Å². The van der Waals surface area contributed by atoms with Gasteiger partial charge < -0.3 is 19.5 Å². The summed E-state index contributed by atoms with van der Waals surface area (Å²) in [6, 6.07) is 17.5. The number of benzene rings is 3. The van der Waals surface area contributed by atoms with E-state index >= 15 is 4.39 Å². The third-order valence-electron chi connectivity index (χ3n) is 8.80. The van der Waals surface area contributed by atoms with Crippen LogP contribution >= 0.6 is 0 Å². The lowest BCUT2D eigenvalue weighted by atomic mass is 9.79. The van der Waals surface area contributed by atoms with E-state index in [9.17, 15) is 5.11 Å². The molecule has 0 bridgehead atoms. The van der Waals surface area contributed by atoms with Gasteiger partial charge in [-0.05, 0) is 111 Å². The van der Waals surface area contributed by atoms with Crippen LogP contribution in [0.3, 0.4) is 0 Å². The van der Waals surface area contributed by atoms with Crippen LogP contribution in [0.1, 0.15) is 73.6 Å². The molecular weight excluding hydrogens is 515 g/mol. The number of aromatic hydroxyl groups is 1. The van der Waals surface area contributed by atoms with Gasteiger partial charge in [-0.2, -0.15) is 0 Å². The smallest absolute Gasteiger partial charge is 0.165 e. The first-order valence-corrected chi connectivity index (χ1v) is 15.4. The monoisotopic (exact) mass is 560 g/mol. The van der Waals surface area contributed by atoms with E-state index in [4.69, 9.17) is 9.47 Å². The van der Waals surface area contributed by atoms with Gasteiger partial charge in [-0.3, -0.25) is 4.90 Å². The molecule has 1 atom stereocenters. The molecule has 1 N–H and O–H groups in total. The molecule has 0 radical (unpaired) electrons. The standard InChI is InChI=1S/C35H45FN2O3/c1-3-38(25-26-9-16-35(33(36)21-26)41-20-19-37-17-7-5-4-6-8-18-37)34-24-31(40-2)14-15-32(34)29-11-10-28-23-30(39)13-12-27(28)22-29/h9,12-16,21,23-24,29,39H,3-8,10-11,17-20,22,25H2,1-2H3/t29-/m1/s1. The van der Waals surface area contributed by atoms with Crippen LogP contribution in [0.25, 0.3) is 0 Å². The predicted octanol–water partition coefficient (Wildman–Crippen LogP) is 7.48. The fraction of sp³-hybridized carbons (Fsp3) is 0.486. The Balaban J connectivity index is 1.27. The number of phenols is 1. The minimum atomic E-state index is -0.302. The number of fused-ring (bicyclic) bond motifs is 1. The molecule has 1 aliphatic carbocycles. The first-order valence-electron chi connectivity index (χ1n) is 15.4. The van der Waals surface area contributed by atoms with E-state index in [2.05, 4.69) is 34.9 Å². The fourth-order valence-electron chi connectivity index (χ4n) is 6.45. The van der Waals surface area contributed by atoms with Crippen molar-refractivity contribution < 1.29 is 19.0 Å². The highest BCUT2D eigenvalue weighted by atomic mass is 19.1. The van der Waals surface area contributed by atoms with E-state index in [1.807, 2.05) is 18.2 Å². The van der Waals surface area contributed by atoms with Crippen molar-refractivity contribution >= 4 is 5.69 Å². The van der Waals surface area contributed by atoms with Crippen molar-refractivity contribution in [3.05, 3.63) is 82.7 Å². The summed E-state index contributed by atoms with van der Waals surface area (Å²) in [6.07, 6.45) is 9.33. The van der Waals surface area contributed by atoms with Crippen molar-refractivity contribution in [3.8, 4) is 17.2 Å². The molecule has 1 fully saturated rings. The minimum Gasteiger partial charge on any atom is -0.508 e. The zero-order chi connectivity index (χ0) is 28.6. The van der Waals surface area contributed by atoms with Gasteiger partial charge in [0, 0.05) is 31.4 Å². The summed E-state index contributed by atoms with van der Waals surface area (Å²) in [6.45, 7) is 7.10. The number of ether oxygens (including phenoxy) is 2. The molecule has 41 heavy (non-hydrogen) atoms. The van der Waals surface area contributed by atoms with Crippen LogP contribution < -0.4 is 14.4 Å². The molecule has 220 valence electrons. The fourth-order valence-corrected chi connectivity index (χ4v) is 6.45. The maximum atomic E-state index is 15.2. The number of anilines is 1. The van der Waals surface area contributed by atoms with Crippen LogP contribution in [0.4, 0.5) is 10.1 Å². The zero-order valence-electron chi connectivity index (χ0n) is 24.7. The second kappa shape index (κ2) is 14.1. The third kappa shape index (κ3) is 7.53. The molecule has 6 heteroatoms. The summed E-state index contributed by atoms with van der Waals surface area (Å²) in [4.78, 5) is 4.76. The maximum absolute atomic E-state index is 15.2. The normalized spacial score (nSPS) is 17.8. The number of hydrogen-bond donors (Lipinski definition) is 1. The Hall–Kier alpha value is -3.25. The third-order valence-corrected chi connectivity index (χ3v) is 8.80. The average molecular weight is 561 g/mol. The van der Waals surface area contributed by atoms with Gasteiger partial charge in [0.2, 0.25) is 0 Å². The number of phenolic OH excluding ortho intramolecular Hbond substituents is 1. The van der Waals surface area contributed by atoms with Gasteiger partial charge in [-0.1, -0.05) is 37.5 Å². The average Bonchev–Trinajstić information content (AvgIpc) is 2.97. The molecule has 0 amide bonds. The van der Waals surface area contributed by atoms with Gasteiger partial charge in [0.15, 0.2) is 11.6 Å². The lowest BCUT2D eigenvalue weighted by molar-refractivity contribution is 0.192. The van der Waals surface area contributed by atoms with Gasteiger partial charge in [-0.15, -0.1) is 0 Å². The van der Waals surface area contributed by atoms with E-state index in [0.717, 1.165) is 62.4 Å². The van der Waals surface area contributed by atoms with Crippen LogP contribution in [0.5, 0.6) is 17.2 Å². The number of aryl methyl sites for hydroxylation is 1. The number of halogens is 1. The maximum Gasteiger partial charge on any atom is 0.165 e. The molecule has 0 saturated carbocycles. The van der Waals surface area contributed by atoms with Crippen molar-refractivity contribution in [1.29, 1.82) is 0 Å². The molecule has 0 spiro atoms. The highest BCUT2D eigenvalue weighted by Gasteiger charge is 2.25. The molecular formula is C35H45FN2O3. The highest BCUT2D eigenvalue weighted by molar-refractivity contribution is 5.60. The predicted molar refractivity (Wildman–Crippen MR) is 164 cm³/mol. The molecule has 0 aromatic heterocycles. The SMILES string of the molecule is CCN(Cc1ccc(OCCN2CCCCCCC2)c(F)c1)c1cc(OC)ccc1[C@@H]1CCc2cc(O)ccc2C1. The number of methoxy groups -OCH3 is 1. The Morgan fingerprint density at radius 2 is 1.76 bits per heavy atom. The number of hydrogen-bond acceptors (Lipinski definition) is 5. The molecule has 0 unspecified atom stereocenters. The van der Waals surface area contributed by atoms with Crippen molar-refractivity contribution in [1.82, 2.24) is 4.90 Å². The first kappa shape index (κ1) is 29.2. The van der Waals surface area contributed by atoms with Gasteiger partial charge in [0.1, 0.15) is 18.1 Å². The molecule has 1 aliphatic heterocycles. The van der Waals surface area contributed by atoms with Crippen LogP contribution in [0, 0.1) is 5.82 Å². The van der Waals surface area contributed by atoms with Crippen LogP contribution in [0.15, 0.2) is 54.6 Å². The van der Waals surface area contributed by atoms with E-state index < -0.39 is 0 Å². The topological polar surface area (TPSA) is 45.2 Å². The number of nitrogens with zero attached hydrogens (tertiary/aromatic N) is 2. The molecule has 1 saturated heterocycles. The summed E-state index contributed by atoms with van der Waals surface area (Å²) >= 11 is 0. The Morgan fingerprint density at radius 3 is 2.51 bits per heavy atom. The summed E-state index contributed by atoms with van der Waals surface area (Å²) < 4.78 is 26.6. The molecule has 5 nitrogen and oxygen atoms in total. The Labute approximate surface area is 244 Å². The number of rotatable bonds is 10. The van der Waals surface area contributed by atoms with E-state index in [1.54, 1.807) is 25.3 Å². The Kier molecular flexibility index (Phi) is 10.0. The van der Waals surface area contributed by atoms with Crippen molar-refractivity contribution in [2.24, 2.45) is 0 Å². The molecule has 3 aromatic carbocycles. The van der Waals surface area contributed by atoms with Gasteiger partial charge >= 0.3 is 0 Å². The molecule has 3 aromatic rings. The van der Waals surface area contributed by atoms with Crippen molar-refractivity contribution in [2.75, 3.05) is 44.8 Å². The van der Waals surface area contributed by atoms with Gasteiger partial charge in [0.05, 0.1) is 7.11 Å². The Bertz CT molecular complexity index is 1290. The lowest BCUT2D eigenvalue weighted by Crippen LogP contribution is -2.31. The van der Waals surface area contributed by atoms with Crippen LogP contribution in [0.2, 0.25) is 0 Å². The van der Waals surface area contributed by atoms with Gasteiger partial charge in [0.25, 0.3) is 0 Å². The minimum absolute atomic E-state index is 0.302. The number of likely N-dealkylation sites (tertiary alicyclic amines) is 1. The molecule has 2 aliphatic rings. The summed E-state index contributed by atoms with van der Waals surface area (Å²) in [5.74, 6) is 1.55. The lowest BCUT2D eigenvalue weighted by Gasteiger charge is -2.32. The molecule has 5 rings (SSSR count). The molecule has 1 heterocycles. The summed E-state index contributed by atoms with van der Waals surface area (Å²) in [5, 5.41) is 9.91. The summed E-state index contributed by atoms with van der Waals surface area (Å²) in [7, 11) is 1.70. The Morgan fingerprint density at radius 1 is 0.951 bits per heavy atom. The first-order chi connectivity index (χ1) is 20.0. The second-order valence-corrected chi connectivity index (χ2v) is 11.6. The zero-order valence-corrected chi connectivity index (χ0v) is 24.7. The van der Waals surface area contributed by atoms with Crippen molar-refractivity contribution in [3.63, 3.8) is 0 Å². The largest absolute Gasteiger partial charge is 0.508 e. The quantitative estimate of drug-likeness (QED) is 0.278. The second-order valence-electron chi connectivity index (χ2n) is 11.6. The summed E-state index contributed by atoms with van der Waals surface area (Å²) in [5.41, 5.74) is 5.87.